The fourth-order valence-corrected chi connectivity index (χ4v) is 3.48. The lowest BCUT2D eigenvalue weighted by molar-refractivity contribution is 0.638. The molecule has 1 aliphatic rings. The Morgan fingerprint density at radius 3 is 2.62 bits per heavy atom. The van der Waals surface area contributed by atoms with Gasteiger partial charge in [-0.25, -0.2) is 15.0 Å². The highest BCUT2D eigenvalue weighted by molar-refractivity contribution is 5.84. The Morgan fingerprint density at radius 2 is 1.83 bits per heavy atom. The summed E-state index contributed by atoms with van der Waals surface area (Å²) in [5.41, 5.74) is 2.57. The van der Waals surface area contributed by atoms with E-state index in [4.69, 9.17) is 0 Å². The van der Waals surface area contributed by atoms with Gasteiger partial charge in [-0.1, -0.05) is 12.1 Å². The summed E-state index contributed by atoms with van der Waals surface area (Å²) in [6.07, 6.45) is 6.98. The molecule has 5 heterocycles. The van der Waals surface area contributed by atoms with Gasteiger partial charge in [-0.05, 0) is 23.8 Å². The molecule has 1 saturated heterocycles. The summed E-state index contributed by atoms with van der Waals surface area (Å²) in [6.45, 7) is 4.15. The Bertz CT molecular complexity index is 1070. The Labute approximate surface area is 167 Å². The van der Waals surface area contributed by atoms with Gasteiger partial charge in [0.25, 0.3) is 0 Å². The average Bonchev–Trinajstić information content (AvgIpc) is 3.24. The van der Waals surface area contributed by atoms with E-state index in [1.54, 1.807) is 6.20 Å². The minimum absolute atomic E-state index is 0.636. The molecule has 9 heteroatoms. The van der Waals surface area contributed by atoms with Crippen LogP contribution < -0.4 is 15.1 Å². The number of aromatic nitrogens is 6. The number of piperazine rings is 1. The van der Waals surface area contributed by atoms with E-state index in [-0.39, 0.29) is 0 Å². The minimum Gasteiger partial charge on any atom is -0.364 e. The van der Waals surface area contributed by atoms with Crippen LogP contribution in [-0.4, -0.2) is 56.1 Å². The van der Waals surface area contributed by atoms with Crippen molar-refractivity contribution in [3.63, 3.8) is 0 Å². The molecule has 0 unspecified atom stereocenters. The first kappa shape index (κ1) is 17.4. The summed E-state index contributed by atoms with van der Waals surface area (Å²) >= 11 is 0. The first-order valence-electron chi connectivity index (χ1n) is 9.61. The molecular weight excluding hydrogens is 366 g/mol. The second-order valence-electron chi connectivity index (χ2n) is 6.86. The van der Waals surface area contributed by atoms with Crippen LogP contribution in [0.2, 0.25) is 0 Å². The molecule has 0 amide bonds. The van der Waals surface area contributed by atoms with Crippen molar-refractivity contribution < 1.29 is 0 Å². The summed E-state index contributed by atoms with van der Waals surface area (Å²) in [7, 11) is 0. The number of nitrogens with one attached hydrogen (secondary N) is 2. The van der Waals surface area contributed by atoms with Crippen LogP contribution in [0.25, 0.3) is 11.2 Å². The molecule has 0 radical (unpaired) electrons. The van der Waals surface area contributed by atoms with Crippen LogP contribution in [0.5, 0.6) is 0 Å². The topological polar surface area (TPSA) is 98.8 Å². The van der Waals surface area contributed by atoms with Crippen LogP contribution >= 0.6 is 0 Å². The molecule has 5 rings (SSSR count). The first-order valence-corrected chi connectivity index (χ1v) is 9.61. The lowest BCUT2D eigenvalue weighted by atomic mass is 10.3. The van der Waals surface area contributed by atoms with Gasteiger partial charge in [-0.2, -0.15) is 4.98 Å². The standard InChI is InChI=1S/C20H21N9/c1-2-7-22-16(5-1)28-8-10-29(11-9-28)20-26-17-18(24-14-25-19(17)27-20)23-13-15-4-3-6-21-12-15/h1-7,12,14H,8-11,13H2,(H2,23,24,25,26,27). The Kier molecular flexibility index (Phi) is 4.61. The fourth-order valence-electron chi connectivity index (χ4n) is 3.48. The van der Waals surface area contributed by atoms with Crippen LogP contribution in [0.1, 0.15) is 5.56 Å². The van der Waals surface area contributed by atoms with Crippen molar-refractivity contribution in [1.82, 2.24) is 29.9 Å². The summed E-state index contributed by atoms with van der Waals surface area (Å²) in [4.78, 5) is 29.9. The maximum atomic E-state index is 4.68. The van der Waals surface area contributed by atoms with E-state index in [1.807, 2.05) is 42.7 Å². The van der Waals surface area contributed by atoms with Gasteiger partial charge in [0.15, 0.2) is 11.5 Å². The smallest absolute Gasteiger partial charge is 0.205 e. The van der Waals surface area contributed by atoms with Crippen molar-refractivity contribution in [3.05, 3.63) is 60.8 Å². The number of pyridine rings is 2. The molecule has 0 spiro atoms. The second-order valence-corrected chi connectivity index (χ2v) is 6.86. The zero-order valence-electron chi connectivity index (χ0n) is 15.9. The highest BCUT2D eigenvalue weighted by atomic mass is 15.3. The number of aromatic amines is 1. The summed E-state index contributed by atoms with van der Waals surface area (Å²) in [6, 6.07) is 9.96. The molecular formula is C20H21N9. The molecule has 4 aromatic heterocycles. The van der Waals surface area contributed by atoms with E-state index < -0.39 is 0 Å². The molecule has 29 heavy (non-hydrogen) atoms. The third-order valence-electron chi connectivity index (χ3n) is 5.01. The quantitative estimate of drug-likeness (QED) is 0.537. The molecule has 0 bridgehead atoms. The van der Waals surface area contributed by atoms with Gasteiger partial charge in [0, 0.05) is 51.3 Å². The van der Waals surface area contributed by atoms with Gasteiger partial charge in [0.2, 0.25) is 5.95 Å². The molecule has 1 aliphatic heterocycles. The number of hydrogen-bond acceptors (Lipinski definition) is 8. The Balaban J connectivity index is 1.30. The van der Waals surface area contributed by atoms with E-state index in [1.165, 1.54) is 6.33 Å². The maximum Gasteiger partial charge on any atom is 0.205 e. The predicted molar refractivity (Wildman–Crippen MR) is 112 cm³/mol. The summed E-state index contributed by atoms with van der Waals surface area (Å²) in [5, 5.41) is 3.35. The molecule has 0 atom stereocenters. The number of nitrogens with zero attached hydrogens (tertiary/aromatic N) is 7. The van der Waals surface area contributed by atoms with Gasteiger partial charge in [-0.3, -0.25) is 4.98 Å². The highest BCUT2D eigenvalue weighted by Crippen LogP contribution is 2.23. The second kappa shape index (κ2) is 7.70. The van der Waals surface area contributed by atoms with Crippen LogP contribution in [0.15, 0.2) is 55.2 Å². The number of fused-ring (bicyclic) bond motifs is 1. The van der Waals surface area contributed by atoms with Gasteiger partial charge >= 0.3 is 0 Å². The average molecular weight is 387 g/mol. The van der Waals surface area contributed by atoms with Crippen molar-refractivity contribution in [3.8, 4) is 0 Å². The summed E-state index contributed by atoms with van der Waals surface area (Å²) < 4.78 is 0. The van der Waals surface area contributed by atoms with Crippen molar-refractivity contribution in [1.29, 1.82) is 0 Å². The highest BCUT2D eigenvalue weighted by Gasteiger charge is 2.21. The molecule has 0 aromatic carbocycles. The van der Waals surface area contributed by atoms with Gasteiger partial charge in [0.05, 0.1) is 0 Å². The van der Waals surface area contributed by atoms with E-state index >= 15 is 0 Å². The number of rotatable bonds is 5. The van der Waals surface area contributed by atoms with Crippen LogP contribution in [0.3, 0.4) is 0 Å². The molecule has 0 saturated carbocycles. The third kappa shape index (κ3) is 3.66. The molecule has 146 valence electrons. The molecule has 9 nitrogen and oxygen atoms in total. The van der Waals surface area contributed by atoms with Crippen molar-refractivity contribution >= 4 is 28.7 Å². The largest absolute Gasteiger partial charge is 0.364 e. The number of imidazole rings is 1. The van der Waals surface area contributed by atoms with Crippen molar-refractivity contribution in [2.75, 3.05) is 41.3 Å². The predicted octanol–water partition coefficient (Wildman–Crippen LogP) is 2.08. The lowest BCUT2D eigenvalue weighted by Gasteiger charge is -2.35. The summed E-state index contributed by atoms with van der Waals surface area (Å²) in [5.74, 6) is 2.58. The number of hydrogen-bond donors (Lipinski definition) is 2. The molecule has 2 N–H and O–H groups in total. The minimum atomic E-state index is 0.636. The van der Waals surface area contributed by atoms with E-state index in [0.717, 1.165) is 54.8 Å². The lowest BCUT2D eigenvalue weighted by Crippen LogP contribution is -2.47. The van der Waals surface area contributed by atoms with Crippen LogP contribution in [-0.2, 0) is 6.54 Å². The van der Waals surface area contributed by atoms with Crippen molar-refractivity contribution in [2.24, 2.45) is 0 Å². The Hall–Kier alpha value is -3.75. The van der Waals surface area contributed by atoms with Crippen LogP contribution in [0.4, 0.5) is 17.6 Å². The van der Waals surface area contributed by atoms with E-state index in [9.17, 15) is 0 Å². The first-order chi connectivity index (χ1) is 14.4. The normalized spacial score (nSPS) is 14.3. The molecule has 1 fully saturated rings. The number of anilines is 3. The zero-order valence-corrected chi connectivity index (χ0v) is 15.9. The SMILES string of the molecule is c1ccc(N2CCN(c3nc4ncnc(NCc5cccnc5)c4[nH]3)CC2)nc1. The van der Waals surface area contributed by atoms with Gasteiger partial charge < -0.3 is 20.1 Å². The molecule has 4 aromatic rings. The monoisotopic (exact) mass is 387 g/mol. The van der Waals surface area contributed by atoms with E-state index in [0.29, 0.717) is 12.2 Å². The third-order valence-corrected chi connectivity index (χ3v) is 5.01. The van der Waals surface area contributed by atoms with Crippen molar-refractivity contribution in [2.45, 2.75) is 6.54 Å². The maximum absolute atomic E-state index is 4.68. The molecule has 0 aliphatic carbocycles. The zero-order chi connectivity index (χ0) is 19.5. The fraction of sp³-hybridized carbons (Fsp3) is 0.250. The van der Waals surface area contributed by atoms with E-state index in [2.05, 4.69) is 45.0 Å². The van der Waals surface area contributed by atoms with Gasteiger partial charge in [0.1, 0.15) is 17.7 Å². The number of H-pyrrole nitrogens is 1. The Morgan fingerprint density at radius 1 is 0.931 bits per heavy atom. The van der Waals surface area contributed by atoms with Crippen LogP contribution in [0, 0.1) is 0 Å². The van der Waals surface area contributed by atoms with Gasteiger partial charge in [-0.15, -0.1) is 0 Å².